The maximum Gasteiger partial charge on any atom is 0.227 e. The highest BCUT2D eigenvalue weighted by Crippen LogP contribution is 2.38. The van der Waals surface area contributed by atoms with Crippen molar-refractivity contribution in [3.8, 4) is 0 Å². The number of aryl methyl sites for hydroxylation is 2. The van der Waals surface area contributed by atoms with Gasteiger partial charge in [0.1, 0.15) is 11.5 Å². The summed E-state index contributed by atoms with van der Waals surface area (Å²) in [6.07, 6.45) is 2.31. The van der Waals surface area contributed by atoms with E-state index in [1.54, 1.807) is 23.1 Å². The average molecular weight is 402 g/mol. The second kappa shape index (κ2) is 7.44. The molecule has 0 aliphatic heterocycles. The highest BCUT2D eigenvalue weighted by atomic mass is 32.2. The molecule has 8 heteroatoms. The summed E-state index contributed by atoms with van der Waals surface area (Å²) >= 11 is 3.12. The number of benzene rings is 1. The maximum atomic E-state index is 12.4. The molecule has 0 radical (unpaired) electrons. The minimum Gasteiger partial charge on any atom is -0.360 e. The highest BCUT2D eigenvalue weighted by molar-refractivity contribution is 8.01. The third-order valence-electron chi connectivity index (χ3n) is 4.71. The van der Waals surface area contributed by atoms with Gasteiger partial charge in [-0.15, -0.1) is 11.3 Å². The first-order chi connectivity index (χ1) is 13.0. The molecule has 0 unspecified atom stereocenters. The van der Waals surface area contributed by atoms with E-state index < -0.39 is 0 Å². The molecule has 1 aromatic carbocycles. The van der Waals surface area contributed by atoms with E-state index in [1.807, 2.05) is 32.0 Å². The van der Waals surface area contributed by atoms with Gasteiger partial charge in [-0.2, -0.15) is 0 Å². The molecule has 6 nitrogen and oxygen atoms in total. The number of thiazole rings is 1. The Kier molecular flexibility index (Phi) is 5.01. The summed E-state index contributed by atoms with van der Waals surface area (Å²) in [6.45, 7) is 3.81. The van der Waals surface area contributed by atoms with Gasteiger partial charge in [-0.1, -0.05) is 16.9 Å². The SMILES string of the molecule is Cc1noc(C)c1Sc1nc2ccc(NC(=O)C3CCC(=O)CC3)cc2s1. The van der Waals surface area contributed by atoms with Crippen LogP contribution in [0, 0.1) is 19.8 Å². The molecular formula is C19H19N3O3S2. The third kappa shape index (κ3) is 3.91. The van der Waals surface area contributed by atoms with Crippen LogP contribution in [0.5, 0.6) is 0 Å². The largest absolute Gasteiger partial charge is 0.360 e. The number of carbonyl (C=O) groups excluding carboxylic acids is 2. The second-order valence-electron chi connectivity index (χ2n) is 6.72. The molecule has 0 bridgehead atoms. The van der Waals surface area contributed by atoms with Gasteiger partial charge in [0.2, 0.25) is 5.91 Å². The molecule has 1 fully saturated rings. The molecule has 3 aromatic rings. The number of Topliss-reactive ketones (excluding diaryl/α,β-unsaturated/α-hetero) is 1. The molecule has 2 heterocycles. The fourth-order valence-corrected chi connectivity index (χ4v) is 5.29. The lowest BCUT2D eigenvalue weighted by atomic mass is 9.88. The Bertz CT molecular complexity index is 995. The van der Waals surface area contributed by atoms with Gasteiger partial charge in [-0.25, -0.2) is 4.98 Å². The number of amides is 1. The Balaban J connectivity index is 1.49. The average Bonchev–Trinajstić information content (AvgIpc) is 3.19. The van der Waals surface area contributed by atoms with Crippen LogP contribution in [0.15, 0.2) is 32.0 Å². The highest BCUT2D eigenvalue weighted by Gasteiger charge is 2.25. The number of nitrogens with one attached hydrogen (secondary N) is 1. The summed E-state index contributed by atoms with van der Waals surface area (Å²) in [7, 11) is 0. The van der Waals surface area contributed by atoms with Crippen LogP contribution in [0.3, 0.4) is 0 Å². The predicted octanol–water partition coefficient (Wildman–Crippen LogP) is 4.75. The number of nitrogens with zero attached hydrogens (tertiary/aromatic N) is 2. The second-order valence-corrected chi connectivity index (χ2v) is 9.01. The molecule has 1 saturated carbocycles. The van der Waals surface area contributed by atoms with E-state index in [2.05, 4.69) is 15.5 Å². The summed E-state index contributed by atoms with van der Waals surface area (Å²) in [5, 5.41) is 6.96. The smallest absolute Gasteiger partial charge is 0.227 e. The molecule has 1 amide bonds. The zero-order chi connectivity index (χ0) is 19.0. The number of hydrogen-bond acceptors (Lipinski definition) is 7. The van der Waals surface area contributed by atoms with E-state index >= 15 is 0 Å². The fraction of sp³-hybridized carbons (Fsp3) is 0.368. The van der Waals surface area contributed by atoms with Gasteiger partial charge in [0.25, 0.3) is 0 Å². The van der Waals surface area contributed by atoms with Crippen LogP contribution in [0.25, 0.3) is 10.2 Å². The van der Waals surface area contributed by atoms with E-state index in [0.717, 1.165) is 36.6 Å². The van der Waals surface area contributed by atoms with Crippen molar-refractivity contribution >= 4 is 50.7 Å². The van der Waals surface area contributed by atoms with Crippen molar-refractivity contribution in [3.63, 3.8) is 0 Å². The molecule has 1 aliphatic rings. The van der Waals surface area contributed by atoms with Crippen molar-refractivity contribution in [2.75, 3.05) is 5.32 Å². The van der Waals surface area contributed by atoms with E-state index in [9.17, 15) is 9.59 Å². The summed E-state index contributed by atoms with van der Waals surface area (Å²) in [5.74, 6) is 0.964. The Morgan fingerprint density at radius 2 is 2.07 bits per heavy atom. The van der Waals surface area contributed by atoms with Gasteiger partial charge in [0, 0.05) is 24.4 Å². The zero-order valence-electron chi connectivity index (χ0n) is 15.1. The Morgan fingerprint density at radius 1 is 1.30 bits per heavy atom. The first-order valence-electron chi connectivity index (χ1n) is 8.83. The number of rotatable bonds is 4. The topological polar surface area (TPSA) is 85.1 Å². The van der Waals surface area contributed by atoms with Crippen LogP contribution in [-0.2, 0) is 9.59 Å². The van der Waals surface area contributed by atoms with Crippen molar-refractivity contribution < 1.29 is 14.1 Å². The first-order valence-corrected chi connectivity index (χ1v) is 10.5. The lowest BCUT2D eigenvalue weighted by molar-refractivity contribution is -0.125. The van der Waals surface area contributed by atoms with Gasteiger partial charge >= 0.3 is 0 Å². The van der Waals surface area contributed by atoms with Crippen LogP contribution in [-0.4, -0.2) is 21.8 Å². The van der Waals surface area contributed by atoms with Crippen LogP contribution in [0.2, 0.25) is 0 Å². The number of anilines is 1. The molecule has 140 valence electrons. The van der Waals surface area contributed by atoms with Gasteiger partial charge < -0.3 is 9.84 Å². The standard InChI is InChI=1S/C19H19N3O3S2/c1-10-17(11(2)25-22-10)27-19-21-15-8-5-13(9-16(15)26-19)20-18(24)12-3-6-14(23)7-4-12/h5,8-9,12H,3-4,6-7H2,1-2H3,(H,20,24). The van der Waals surface area contributed by atoms with E-state index in [4.69, 9.17) is 4.52 Å². The number of ketones is 1. The normalized spacial score (nSPS) is 15.4. The van der Waals surface area contributed by atoms with Gasteiger partial charge in [-0.3, -0.25) is 9.59 Å². The van der Waals surface area contributed by atoms with Crippen LogP contribution >= 0.6 is 23.1 Å². The Labute approximate surface area is 164 Å². The summed E-state index contributed by atoms with van der Waals surface area (Å²) < 4.78 is 7.13. The van der Waals surface area contributed by atoms with E-state index in [0.29, 0.717) is 25.7 Å². The van der Waals surface area contributed by atoms with Gasteiger partial charge in [0.05, 0.1) is 20.8 Å². The number of aromatic nitrogens is 2. The maximum absolute atomic E-state index is 12.4. The summed E-state index contributed by atoms with van der Waals surface area (Å²) in [5.41, 5.74) is 2.52. The van der Waals surface area contributed by atoms with Crippen LogP contribution in [0.1, 0.15) is 37.1 Å². The molecule has 1 aliphatic carbocycles. The van der Waals surface area contributed by atoms with E-state index in [-0.39, 0.29) is 17.6 Å². The monoisotopic (exact) mass is 401 g/mol. The van der Waals surface area contributed by atoms with E-state index in [1.165, 1.54) is 0 Å². The van der Waals surface area contributed by atoms with Crippen molar-refractivity contribution in [2.45, 2.75) is 48.8 Å². The minimum absolute atomic E-state index is 0.00307. The molecule has 1 N–H and O–H groups in total. The first kappa shape index (κ1) is 18.2. The molecular weight excluding hydrogens is 382 g/mol. The molecule has 0 atom stereocenters. The predicted molar refractivity (Wildman–Crippen MR) is 105 cm³/mol. The third-order valence-corrected chi connectivity index (χ3v) is 7.07. The minimum atomic E-state index is -0.0782. The number of fused-ring (bicyclic) bond motifs is 1. The fourth-order valence-electron chi connectivity index (χ4n) is 3.18. The summed E-state index contributed by atoms with van der Waals surface area (Å²) in [4.78, 5) is 29.4. The van der Waals surface area contributed by atoms with Crippen LogP contribution in [0.4, 0.5) is 5.69 Å². The van der Waals surface area contributed by atoms with Gasteiger partial charge in [0.15, 0.2) is 4.34 Å². The quantitative estimate of drug-likeness (QED) is 0.679. The molecule has 2 aromatic heterocycles. The van der Waals surface area contributed by atoms with Crippen molar-refractivity contribution in [1.29, 1.82) is 0 Å². The van der Waals surface area contributed by atoms with Crippen molar-refractivity contribution in [3.05, 3.63) is 29.7 Å². The molecule has 4 rings (SSSR count). The van der Waals surface area contributed by atoms with Crippen LogP contribution < -0.4 is 5.32 Å². The summed E-state index contributed by atoms with van der Waals surface area (Å²) in [6, 6.07) is 5.75. The Hall–Kier alpha value is -2.19. The number of carbonyl (C=O) groups is 2. The molecule has 0 spiro atoms. The van der Waals surface area contributed by atoms with Crippen molar-refractivity contribution in [1.82, 2.24) is 10.1 Å². The zero-order valence-corrected chi connectivity index (χ0v) is 16.7. The molecule has 0 saturated heterocycles. The number of hydrogen-bond donors (Lipinski definition) is 1. The lowest BCUT2D eigenvalue weighted by Crippen LogP contribution is -2.27. The van der Waals surface area contributed by atoms with Gasteiger partial charge in [-0.05, 0) is 44.9 Å². The Morgan fingerprint density at radius 3 is 2.78 bits per heavy atom. The van der Waals surface area contributed by atoms with Crippen molar-refractivity contribution in [2.24, 2.45) is 5.92 Å². The molecule has 27 heavy (non-hydrogen) atoms. The lowest BCUT2D eigenvalue weighted by Gasteiger charge is -2.20.